The third kappa shape index (κ3) is 4.95. The highest BCUT2D eigenvalue weighted by Gasteiger charge is 2.44. The van der Waals surface area contributed by atoms with Gasteiger partial charge in [0, 0.05) is 41.3 Å². The number of Topliss-reactive ketones (excluding diaryl/α,β-unsaturated/α-hetero) is 2. The number of ether oxygens (including phenoxy) is 2. The van der Waals surface area contributed by atoms with E-state index >= 15 is 0 Å². The fraction of sp³-hybridized carbons (Fsp3) is 0.367. The van der Waals surface area contributed by atoms with Gasteiger partial charge in [-0.3, -0.25) is 14.4 Å². The standard InChI is InChI=1S/C30H30ClNO6/c1-2-37-25-15-19(14-20(31)30(25)38-17-18-8-4-3-5-9-18)27-28-21(10-6-12-23(28)33)32(16-26(35)36)22-11-7-13-24(34)29(22)27/h3-5,8-9,14-15,27H,2,6-7,10-13,16-17H2,1H3,(H,35,36). The monoisotopic (exact) mass is 535 g/mol. The van der Waals surface area contributed by atoms with Crippen LogP contribution >= 0.6 is 11.6 Å². The van der Waals surface area contributed by atoms with E-state index in [9.17, 15) is 19.5 Å². The van der Waals surface area contributed by atoms with Gasteiger partial charge >= 0.3 is 5.97 Å². The third-order valence-corrected chi connectivity index (χ3v) is 7.55. The van der Waals surface area contributed by atoms with Gasteiger partial charge in [-0.25, -0.2) is 0 Å². The number of halogens is 1. The fourth-order valence-electron chi connectivity index (χ4n) is 5.76. The molecule has 0 amide bonds. The van der Waals surface area contributed by atoms with Crippen molar-refractivity contribution in [3.63, 3.8) is 0 Å². The van der Waals surface area contributed by atoms with Crippen molar-refractivity contribution in [2.24, 2.45) is 0 Å². The van der Waals surface area contributed by atoms with Crippen LogP contribution < -0.4 is 9.47 Å². The van der Waals surface area contributed by atoms with Crippen LogP contribution in [-0.4, -0.2) is 40.7 Å². The maximum absolute atomic E-state index is 13.4. The molecule has 1 heterocycles. The van der Waals surface area contributed by atoms with E-state index in [1.54, 1.807) is 11.0 Å². The highest BCUT2D eigenvalue weighted by molar-refractivity contribution is 6.32. The zero-order chi connectivity index (χ0) is 26.8. The van der Waals surface area contributed by atoms with Gasteiger partial charge in [-0.15, -0.1) is 0 Å². The van der Waals surface area contributed by atoms with E-state index in [2.05, 4.69) is 0 Å². The molecule has 1 N–H and O–H groups in total. The lowest BCUT2D eigenvalue weighted by Crippen LogP contribution is -2.41. The number of carboxylic acid groups (broad SMARTS) is 1. The third-order valence-electron chi connectivity index (χ3n) is 7.27. The van der Waals surface area contributed by atoms with Crippen molar-refractivity contribution in [2.45, 2.75) is 58.0 Å². The summed E-state index contributed by atoms with van der Waals surface area (Å²) in [6, 6.07) is 13.3. The van der Waals surface area contributed by atoms with Crippen LogP contribution in [0.1, 0.15) is 62.5 Å². The molecule has 0 unspecified atom stereocenters. The topological polar surface area (TPSA) is 93.1 Å². The Balaban J connectivity index is 1.63. The summed E-state index contributed by atoms with van der Waals surface area (Å²) < 4.78 is 12.0. The Labute approximate surface area is 226 Å². The lowest BCUT2D eigenvalue weighted by Gasteiger charge is -2.43. The molecule has 2 aromatic carbocycles. The molecule has 198 valence electrons. The maximum atomic E-state index is 13.4. The van der Waals surface area contributed by atoms with Gasteiger partial charge in [-0.2, -0.15) is 0 Å². The molecule has 7 nitrogen and oxygen atoms in total. The molecule has 1 aliphatic heterocycles. The van der Waals surface area contributed by atoms with E-state index in [1.807, 2.05) is 43.3 Å². The van der Waals surface area contributed by atoms with Gasteiger partial charge in [-0.05, 0) is 55.9 Å². The smallest absolute Gasteiger partial charge is 0.323 e. The molecule has 0 spiro atoms. The van der Waals surface area contributed by atoms with Crippen LogP contribution in [0, 0.1) is 0 Å². The van der Waals surface area contributed by atoms with E-state index in [1.165, 1.54) is 0 Å². The van der Waals surface area contributed by atoms with Crippen molar-refractivity contribution >= 4 is 29.1 Å². The molecule has 0 atom stereocenters. The van der Waals surface area contributed by atoms with Crippen LogP contribution in [0.5, 0.6) is 11.5 Å². The van der Waals surface area contributed by atoms with Crippen molar-refractivity contribution in [2.75, 3.05) is 13.2 Å². The molecule has 0 aromatic heterocycles. The Morgan fingerprint density at radius 3 is 2.18 bits per heavy atom. The Kier molecular flexibility index (Phi) is 7.56. The van der Waals surface area contributed by atoms with E-state index < -0.39 is 11.9 Å². The number of ketones is 2. The first-order valence-electron chi connectivity index (χ1n) is 13.0. The van der Waals surface area contributed by atoms with Crippen molar-refractivity contribution in [1.82, 2.24) is 4.90 Å². The SMILES string of the molecule is CCOc1cc(C2C3=C(CCCC3=O)N(CC(=O)O)C3=C2C(=O)CCC3)cc(Cl)c1OCc1ccccc1. The second-order valence-corrected chi connectivity index (χ2v) is 10.1. The number of carbonyl (C=O) groups is 3. The average Bonchev–Trinajstić information content (AvgIpc) is 2.89. The summed E-state index contributed by atoms with van der Waals surface area (Å²) in [5.41, 5.74) is 4.07. The second-order valence-electron chi connectivity index (χ2n) is 9.72. The summed E-state index contributed by atoms with van der Waals surface area (Å²) in [7, 11) is 0. The number of hydrogen-bond acceptors (Lipinski definition) is 6. The fourth-order valence-corrected chi connectivity index (χ4v) is 6.04. The summed E-state index contributed by atoms with van der Waals surface area (Å²) >= 11 is 6.78. The minimum Gasteiger partial charge on any atom is -0.490 e. The summed E-state index contributed by atoms with van der Waals surface area (Å²) in [5, 5.41) is 9.98. The van der Waals surface area contributed by atoms with Crippen molar-refractivity contribution < 1.29 is 29.0 Å². The van der Waals surface area contributed by atoms with Gasteiger partial charge in [0.25, 0.3) is 0 Å². The number of aliphatic carboxylic acids is 1. The van der Waals surface area contributed by atoms with Crippen LogP contribution in [0.3, 0.4) is 0 Å². The van der Waals surface area contributed by atoms with Crippen LogP contribution in [-0.2, 0) is 21.0 Å². The average molecular weight is 536 g/mol. The zero-order valence-corrected chi connectivity index (χ0v) is 22.1. The Morgan fingerprint density at radius 1 is 0.974 bits per heavy atom. The van der Waals surface area contributed by atoms with Gasteiger partial charge in [0.2, 0.25) is 0 Å². The molecule has 0 fully saturated rings. The van der Waals surface area contributed by atoms with Gasteiger partial charge in [0.15, 0.2) is 23.1 Å². The predicted octanol–water partition coefficient (Wildman–Crippen LogP) is 5.82. The normalized spacial score (nSPS) is 17.9. The van der Waals surface area contributed by atoms with Crippen LogP contribution in [0.15, 0.2) is 65.0 Å². The van der Waals surface area contributed by atoms with E-state index in [4.69, 9.17) is 21.1 Å². The summed E-state index contributed by atoms with van der Waals surface area (Å²) in [6.07, 6.45) is 3.18. The number of carboxylic acids is 1. The van der Waals surface area contributed by atoms with E-state index in [0.717, 1.165) is 5.56 Å². The van der Waals surface area contributed by atoms with Crippen molar-refractivity contribution in [1.29, 1.82) is 0 Å². The number of allylic oxidation sites excluding steroid dienone is 4. The lowest BCUT2D eigenvalue weighted by atomic mass is 9.71. The molecule has 5 rings (SSSR count). The van der Waals surface area contributed by atoms with E-state index in [-0.39, 0.29) is 18.1 Å². The highest BCUT2D eigenvalue weighted by atomic mass is 35.5. The number of rotatable bonds is 8. The van der Waals surface area contributed by atoms with Gasteiger partial charge in [-0.1, -0.05) is 41.9 Å². The quantitative estimate of drug-likeness (QED) is 0.455. The van der Waals surface area contributed by atoms with E-state index in [0.29, 0.717) is 96.4 Å². The number of benzene rings is 2. The minimum absolute atomic E-state index is 0.0601. The highest BCUT2D eigenvalue weighted by Crippen LogP contribution is 2.51. The molecule has 0 saturated carbocycles. The van der Waals surface area contributed by atoms with Crippen LogP contribution in [0.25, 0.3) is 0 Å². The molecule has 2 aromatic rings. The molecular formula is C30H30ClNO6. The predicted molar refractivity (Wildman–Crippen MR) is 142 cm³/mol. The number of nitrogens with zero attached hydrogens (tertiary/aromatic N) is 1. The van der Waals surface area contributed by atoms with Crippen molar-refractivity contribution in [3.05, 3.63) is 81.2 Å². The Morgan fingerprint density at radius 2 is 1.61 bits per heavy atom. The maximum Gasteiger partial charge on any atom is 0.323 e. The first-order valence-corrected chi connectivity index (χ1v) is 13.4. The molecular weight excluding hydrogens is 506 g/mol. The largest absolute Gasteiger partial charge is 0.490 e. The Bertz CT molecular complexity index is 1300. The lowest BCUT2D eigenvalue weighted by molar-refractivity contribution is -0.138. The molecule has 0 bridgehead atoms. The second kappa shape index (κ2) is 11.0. The zero-order valence-electron chi connectivity index (χ0n) is 21.3. The van der Waals surface area contributed by atoms with Gasteiger partial charge in [0.05, 0.1) is 11.6 Å². The molecule has 38 heavy (non-hydrogen) atoms. The van der Waals surface area contributed by atoms with Crippen LogP contribution in [0.2, 0.25) is 5.02 Å². The van der Waals surface area contributed by atoms with Gasteiger partial charge < -0.3 is 19.5 Å². The first-order chi connectivity index (χ1) is 18.4. The molecule has 0 radical (unpaired) electrons. The minimum atomic E-state index is -1.00. The molecule has 8 heteroatoms. The molecule has 0 saturated heterocycles. The number of carbonyl (C=O) groups excluding carboxylic acids is 2. The summed E-state index contributed by atoms with van der Waals surface area (Å²) in [6.45, 7) is 2.26. The van der Waals surface area contributed by atoms with Crippen molar-refractivity contribution in [3.8, 4) is 11.5 Å². The van der Waals surface area contributed by atoms with Gasteiger partial charge in [0.1, 0.15) is 13.2 Å². The number of hydrogen-bond donors (Lipinski definition) is 1. The van der Waals surface area contributed by atoms with Crippen LogP contribution in [0.4, 0.5) is 0 Å². The first kappa shape index (κ1) is 26.0. The molecule has 2 aliphatic carbocycles. The molecule has 3 aliphatic rings. The summed E-state index contributed by atoms with van der Waals surface area (Å²) in [5.74, 6) is -0.900. The Hall–Kier alpha value is -3.58. The summed E-state index contributed by atoms with van der Waals surface area (Å²) in [4.78, 5) is 40.3.